The average Bonchev–Trinajstić information content (AvgIpc) is 2.45. The van der Waals surface area contributed by atoms with Gasteiger partial charge in [0.05, 0.1) is 6.04 Å². The van der Waals surface area contributed by atoms with Gasteiger partial charge < -0.3 is 10.6 Å². The zero-order valence-electron chi connectivity index (χ0n) is 11.8. The van der Waals surface area contributed by atoms with Crippen LogP contribution in [0.15, 0.2) is 42.5 Å². The molecule has 110 valence electrons. The van der Waals surface area contributed by atoms with Crippen molar-refractivity contribution in [2.24, 2.45) is 5.73 Å². The summed E-state index contributed by atoms with van der Waals surface area (Å²) in [5.74, 6) is 0. The Morgan fingerprint density at radius 3 is 2.43 bits per heavy atom. The number of anilines is 1. The lowest BCUT2D eigenvalue weighted by molar-refractivity contribution is 0.739. The fourth-order valence-electron chi connectivity index (χ4n) is 2.21. The minimum atomic E-state index is 0.123. The molecule has 0 amide bonds. The first-order valence-corrected chi connectivity index (χ1v) is 7.64. The van der Waals surface area contributed by atoms with Crippen molar-refractivity contribution in [1.29, 1.82) is 0 Å². The third-order valence-corrected chi connectivity index (χ3v) is 4.21. The van der Waals surface area contributed by atoms with E-state index in [1.54, 1.807) is 6.07 Å². The maximum absolute atomic E-state index is 6.07. The second kappa shape index (κ2) is 6.65. The van der Waals surface area contributed by atoms with Crippen LogP contribution < -0.4 is 10.6 Å². The number of nitrogens with zero attached hydrogens (tertiary/aromatic N) is 1. The summed E-state index contributed by atoms with van der Waals surface area (Å²) in [6.45, 7) is 2.10. The van der Waals surface area contributed by atoms with Gasteiger partial charge in [0.25, 0.3) is 0 Å². The zero-order chi connectivity index (χ0) is 15.6. The van der Waals surface area contributed by atoms with Gasteiger partial charge in [-0.25, -0.2) is 0 Å². The largest absolute Gasteiger partial charge is 0.389 e. The summed E-state index contributed by atoms with van der Waals surface area (Å²) in [4.78, 5) is 2.44. The molecule has 0 aromatic heterocycles. The first kappa shape index (κ1) is 16.1. The number of nitrogens with two attached hydrogens (primary N) is 1. The van der Waals surface area contributed by atoms with E-state index in [1.165, 1.54) is 0 Å². The van der Waals surface area contributed by atoms with E-state index in [9.17, 15) is 0 Å². The van der Waals surface area contributed by atoms with Crippen molar-refractivity contribution >= 4 is 46.1 Å². The smallest absolute Gasteiger partial charge is 0.106 e. The van der Waals surface area contributed by atoms with Crippen LogP contribution in [0, 0.1) is 0 Å². The van der Waals surface area contributed by atoms with E-state index in [-0.39, 0.29) is 6.04 Å². The number of hydrogen-bond donors (Lipinski definition) is 1. The molecule has 1 atom stereocenters. The van der Waals surface area contributed by atoms with Crippen LogP contribution in [0.4, 0.5) is 5.69 Å². The summed E-state index contributed by atoms with van der Waals surface area (Å²) in [7, 11) is 2.00. The van der Waals surface area contributed by atoms with Gasteiger partial charge in [0.15, 0.2) is 0 Å². The van der Waals surface area contributed by atoms with Crippen molar-refractivity contribution in [2.45, 2.75) is 13.0 Å². The Labute approximate surface area is 140 Å². The van der Waals surface area contributed by atoms with Crippen molar-refractivity contribution < 1.29 is 0 Å². The fraction of sp³-hybridized carbons (Fsp3) is 0.188. The van der Waals surface area contributed by atoms with Crippen LogP contribution >= 0.6 is 35.4 Å². The molecule has 2 N–H and O–H groups in total. The van der Waals surface area contributed by atoms with Gasteiger partial charge in [-0.15, -0.1) is 0 Å². The third-order valence-electron chi connectivity index (χ3n) is 3.52. The highest BCUT2D eigenvalue weighted by molar-refractivity contribution is 7.80. The van der Waals surface area contributed by atoms with Crippen LogP contribution in [0.25, 0.3) is 0 Å². The highest BCUT2D eigenvalue weighted by Gasteiger charge is 2.17. The molecule has 0 spiro atoms. The van der Waals surface area contributed by atoms with Crippen LogP contribution in [0.1, 0.15) is 24.1 Å². The molecule has 0 aliphatic rings. The van der Waals surface area contributed by atoms with Crippen molar-refractivity contribution in [3.05, 3.63) is 63.6 Å². The molecular formula is C16H16Cl2N2S. The Balaban J connectivity index is 2.40. The van der Waals surface area contributed by atoms with Gasteiger partial charge in [0, 0.05) is 28.3 Å². The maximum atomic E-state index is 6.07. The Hall–Kier alpha value is -1.29. The van der Waals surface area contributed by atoms with Gasteiger partial charge in [-0.1, -0.05) is 47.6 Å². The summed E-state index contributed by atoms with van der Waals surface area (Å²) in [6, 6.07) is 13.5. The van der Waals surface area contributed by atoms with Crippen molar-refractivity contribution in [3.63, 3.8) is 0 Å². The molecular weight excluding hydrogens is 323 g/mol. The molecule has 0 bridgehead atoms. The highest BCUT2D eigenvalue weighted by Crippen LogP contribution is 2.30. The molecule has 0 heterocycles. The van der Waals surface area contributed by atoms with Crippen molar-refractivity contribution in [3.8, 4) is 0 Å². The first-order chi connectivity index (χ1) is 9.90. The molecule has 21 heavy (non-hydrogen) atoms. The van der Waals surface area contributed by atoms with Gasteiger partial charge in [0.2, 0.25) is 0 Å². The van der Waals surface area contributed by atoms with Crippen LogP contribution in [0.2, 0.25) is 10.0 Å². The molecule has 0 aliphatic carbocycles. The molecule has 2 aromatic rings. The van der Waals surface area contributed by atoms with E-state index in [0.717, 1.165) is 21.8 Å². The lowest BCUT2D eigenvalue weighted by Crippen LogP contribution is -2.25. The Morgan fingerprint density at radius 2 is 1.81 bits per heavy atom. The van der Waals surface area contributed by atoms with Gasteiger partial charge in [0.1, 0.15) is 4.99 Å². The predicted molar refractivity (Wildman–Crippen MR) is 95.6 cm³/mol. The van der Waals surface area contributed by atoms with Crippen molar-refractivity contribution in [2.75, 3.05) is 11.9 Å². The predicted octanol–water partition coefficient (Wildman–Crippen LogP) is 4.83. The maximum Gasteiger partial charge on any atom is 0.106 e. The topological polar surface area (TPSA) is 29.3 Å². The van der Waals surface area contributed by atoms with E-state index in [4.69, 9.17) is 41.2 Å². The summed E-state index contributed by atoms with van der Waals surface area (Å²) in [5, 5.41) is 1.34. The van der Waals surface area contributed by atoms with E-state index < -0.39 is 0 Å². The number of rotatable bonds is 4. The number of benzene rings is 2. The quantitative estimate of drug-likeness (QED) is 0.810. The molecule has 0 saturated heterocycles. The normalized spacial score (nSPS) is 12.0. The third kappa shape index (κ3) is 3.67. The van der Waals surface area contributed by atoms with E-state index >= 15 is 0 Å². The first-order valence-electron chi connectivity index (χ1n) is 6.48. The Kier molecular flexibility index (Phi) is 5.09. The molecule has 5 heteroatoms. The molecule has 2 rings (SSSR count). The lowest BCUT2D eigenvalue weighted by atomic mass is 10.0. The fourth-order valence-corrected chi connectivity index (χ4v) is 2.75. The SMILES string of the molecule is CC(c1cccc(Cl)c1)N(C)c1ccc(Cl)cc1C(N)=S. The van der Waals surface area contributed by atoms with Crippen LogP contribution in [0.5, 0.6) is 0 Å². The minimum absolute atomic E-state index is 0.123. The monoisotopic (exact) mass is 338 g/mol. The molecule has 0 saturated carbocycles. The standard InChI is InChI=1S/C16H16Cl2N2S/c1-10(11-4-3-5-12(17)8-11)20(2)15-7-6-13(18)9-14(15)16(19)21/h3-10H,1-2H3,(H2,19,21). The van der Waals surface area contributed by atoms with E-state index in [1.807, 2.05) is 43.4 Å². The molecule has 2 aromatic carbocycles. The molecule has 0 fully saturated rings. The van der Waals surface area contributed by atoms with E-state index in [0.29, 0.717) is 10.0 Å². The molecule has 0 aliphatic heterocycles. The zero-order valence-corrected chi connectivity index (χ0v) is 14.1. The second-order valence-electron chi connectivity index (χ2n) is 4.87. The highest BCUT2D eigenvalue weighted by atomic mass is 35.5. The molecule has 0 radical (unpaired) electrons. The van der Waals surface area contributed by atoms with Gasteiger partial charge in [-0.2, -0.15) is 0 Å². The average molecular weight is 339 g/mol. The van der Waals surface area contributed by atoms with Gasteiger partial charge in [-0.05, 0) is 42.8 Å². The summed E-state index contributed by atoms with van der Waals surface area (Å²) >= 11 is 17.2. The van der Waals surface area contributed by atoms with Crippen LogP contribution in [-0.4, -0.2) is 12.0 Å². The van der Waals surface area contributed by atoms with Crippen molar-refractivity contribution in [1.82, 2.24) is 0 Å². The lowest BCUT2D eigenvalue weighted by Gasteiger charge is -2.29. The Morgan fingerprint density at radius 1 is 1.14 bits per heavy atom. The second-order valence-corrected chi connectivity index (χ2v) is 6.18. The van der Waals surface area contributed by atoms with Crippen LogP contribution in [0.3, 0.4) is 0 Å². The summed E-state index contributed by atoms with van der Waals surface area (Å²) < 4.78 is 0. The Bertz CT molecular complexity index is 673. The van der Waals surface area contributed by atoms with Gasteiger partial charge >= 0.3 is 0 Å². The number of halogens is 2. The number of thiocarbonyl (C=S) groups is 1. The number of hydrogen-bond acceptors (Lipinski definition) is 2. The van der Waals surface area contributed by atoms with Gasteiger partial charge in [-0.3, -0.25) is 0 Å². The molecule has 2 nitrogen and oxygen atoms in total. The van der Waals surface area contributed by atoms with E-state index in [2.05, 4.69) is 11.8 Å². The minimum Gasteiger partial charge on any atom is -0.389 e. The van der Waals surface area contributed by atoms with Crippen LogP contribution in [-0.2, 0) is 0 Å². The summed E-state index contributed by atoms with van der Waals surface area (Å²) in [5.41, 5.74) is 8.64. The molecule has 1 unspecified atom stereocenters. The summed E-state index contributed by atoms with van der Waals surface area (Å²) in [6.07, 6.45) is 0.